The fourth-order valence-electron chi connectivity index (χ4n) is 2.30. The van der Waals surface area contributed by atoms with E-state index < -0.39 is 34.5 Å². The Morgan fingerprint density at radius 1 is 1.22 bits per heavy atom. The van der Waals surface area contributed by atoms with Crippen LogP contribution in [0.15, 0.2) is 46.7 Å². The molecular formula is C17H19ClN2O5S2. The Morgan fingerprint density at radius 2 is 1.89 bits per heavy atom. The standard InChI is InChI=1S/C17H19ClN2O5S2/c1-20(27(23,24)17-9-8-14(18)26-17)11-15(21)19-13(10-16(22)25-2)12-6-4-3-5-7-12/h3-9,13H,10-11H2,1-2H3,(H,19,21). The Balaban J connectivity index is 2.09. The van der Waals surface area contributed by atoms with Crippen LogP contribution < -0.4 is 5.32 Å². The van der Waals surface area contributed by atoms with Crippen LogP contribution in [-0.4, -0.2) is 45.3 Å². The Hall–Kier alpha value is -1.94. The predicted molar refractivity (Wildman–Crippen MR) is 103 cm³/mol. The first kappa shape index (κ1) is 21.4. The van der Waals surface area contributed by atoms with Gasteiger partial charge in [-0.25, -0.2) is 8.42 Å². The van der Waals surface area contributed by atoms with E-state index in [1.807, 2.05) is 6.07 Å². The first-order valence-electron chi connectivity index (χ1n) is 7.87. The van der Waals surface area contributed by atoms with Gasteiger partial charge in [0.15, 0.2) is 0 Å². The van der Waals surface area contributed by atoms with Crippen LogP contribution in [0.2, 0.25) is 4.34 Å². The number of halogens is 1. The molecule has 0 saturated heterocycles. The van der Waals surface area contributed by atoms with Gasteiger partial charge in [-0.05, 0) is 17.7 Å². The summed E-state index contributed by atoms with van der Waals surface area (Å²) in [5.41, 5.74) is 0.715. The van der Waals surface area contributed by atoms with Crippen molar-refractivity contribution < 1.29 is 22.7 Å². The summed E-state index contributed by atoms with van der Waals surface area (Å²) in [5, 5.41) is 2.69. The van der Waals surface area contributed by atoms with Crippen LogP contribution in [0.1, 0.15) is 18.0 Å². The molecule has 0 aliphatic rings. The number of hydrogen-bond acceptors (Lipinski definition) is 6. The summed E-state index contributed by atoms with van der Waals surface area (Å²) in [6, 6.07) is 11.1. The molecule has 1 aromatic carbocycles. The zero-order chi connectivity index (χ0) is 20.0. The zero-order valence-corrected chi connectivity index (χ0v) is 17.1. The number of hydrogen-bond donors (Lipinski definition) is 1. The number of rotatable bonds is 8. The minimum absolute atomic E-state index is 0.0528. The maximum absolute atomic E-state index is 12.5. The molecule has 0 aliphatic carbocycles. The van der Waals surface area contributed by atoms with Crippen molar-refractivity contribution in [2.75, 3.05) is 20.7 Å². The van der Waals surface area contributed by atoms with Gasteiger partial charge < -0.3 is 10.1 Å². The number of benzene rings is 1. The Labute approximate surface area is 166 Å². The molecule has 1 aromatic heterocycles. The molecule has 0 spiro atoms. The maximum Gasteiger partial charge on any atom is 0.307 e. The van der Waals surface area contributed by atoms with Gasteiger partial charge in [-0.1, -0.05) is 41.9 Å². The quantitative estimate of drug-likeness (QED) is 0.649. The number of amides is 1. The average Bonchev–Trinajstić information content (AvgIpc) is 3.08. The summed E-state index contributed by atoms with van der Waals surface area (Å²) in [5.74, 6) is -1.03. The second-order valence-electron chi connectivity index (χ2n) is 5.63. The van der Waals surface area contributed by atoms with Crippen molar-refractivity contribution in [3.05, 3.63) is 52.4 Å². The minimum Gasteiger partial charge on any atom is -0.469 e. The average molecular weight is 431 g/mol. The maximum atomic E-state index is 12.5. The van der Waals surface area contributed by atoms with Gasteiger partial charge >= 0.3 is 5.97 Å². The van der Waals surface area contributed by atoms with Crippen molar-refractivity contribution in [2.45, 2.75) is 16.7 Å². The molecule has 2 aromatic rings. The van der Waals surface area contributed by atoms with Crippen LogP contribution >= 0.6 is 22.9 Å². The Bertz CT molecular complexity index is 899. The number of likely N-dealkylation sites (N-methyl/N-ethyl adjacent to an activating group) is 1. The monoisotopic (exact) mass is 430 g/mol. The van der Waals surface area contributed by atoms with Crippen molar-refractivity contribution >= 4 is 44.8 Å². The summed E-state index contributed by atoms with van der Waals surface area (Å²) in [6.07, 6.45) is -0.0662. The van der Waals surface area contributed by atoms with Gasteiger partial charge in [-0.15, -0.1) is 11.3 Å². The van der Waals surface area contributed by atoms with E-state index in [0.717, 1.165) is 15.6 Å². The number of thiophene rings is 1. The molecule has 0 aliphatic heterocycles. The second kappa shape index (κ2) is 9.32. The molecule has 0 radical (unpaired) electrons. The summed E-state index contributed by atoms with van der Waals surface area (Å²) in [6.45, 7) is -0.400. The molecule has 7 nitrogen and oxygen atoms in total. The van der Waals surface area contributed by atoms with E-state index in [9.17, 15) is 18.0 Å². The van der Waals surface area contributed by atoms with Crippen LogP contribution in [0.5, 0.6) is 0 Å². The largest absolute Gasteiger partial charge is 0.469 e. The fourth-order valence-corrected chi connectivity index (χ4v) is 5.13. The van der Waals surface area contributed by atoms with Crippen LogP contribution in [0, 0.1) is 0 Å². The molecule has 2 rings (SSSR count). The number of methoxy groups -OCH3 is 1. The first-order chi connectivity index (χ1) is 12.7. The molecule has 0 saturated carbocycles. The van der Waals surface area contributed by atoms with E-state index >= 15 is 0 Å². The highest BCUT2D eigenvalue weighted by Crippen LogP contribution is 2.27. The lowest BCUT2D eigenvalue weighted by molar-refractivity contribution is -0.141. The highest BCUT2D eigenvalue weighted by atomic mass is 35.5. The van der Waals surface area contributed by atoms with Gasteiger partial charge in [0.2, 0.25) is 5.91 Å². The summed E-state index contributed by atoms with van der Waals surface area (Å²) < 4.78 is 31.0. The Kier molecular flexibility index (Phi) is 7.37. The molecule has 1 unspecified atom stereocenters. The molecule has 0 bridgehead atoms. The first-order valence-corrected chi connectivity index (χ1v) is 10.5. The van der Waals surface area contributed by atoms with E-state index in [0.29, 0.717) is 9.90 Å². The topological polar surface area (TPSA) is 92.8 Å². The lowest BCUT2D eigenvalue weighted by Crippen LogP contribution is -2.40. The number of carbonyl (C=O) groups excluding carboxylic acids is 2. The summed E-state index contributed by atoms with van der Waals surface area (Å²) in [4.78, 5) is 24.1. The van der Waals surface area contributed by atoms with Gasteiger partial charge in [-0.2, -0.15) is 4.31 Å². The van der Waals surface area contributed by atoms with Crippen molar-refractivity contribution in [3.8, 4) is 0 Å². The number of carbonyl (C=O) groups is 2. The van der Waals surface area contributed by atoms with Gasteiger partial charge in [0.1, 0.15) is 4.21 Å². The molecule has 10 heteroatoms. The van der Waals surface area contributed by atoms with Gasteiger partial charge in [0.25, 0.3) is 10.0 Å². The zero-order valence-electron chi connectivity index (χ0n) is 14.7. The lowest BCUT2D eigenvalue weighted by atomic mass is 10.0. The van der Waals surface area contributed by atoms with E-state index in [1.165, 1.54) is 26.3 Å². The van der Waals surface area contributed by atoms with E-state index in [2.05, 4.69) is 10.1 Å². The minimum atomic E-state index is -3.83. The number of esters is 1. The van der Waals surface area contributed by atoms with Gasteiger partial charge in [-0.3, -0.25) is 9.59 Å². The lowest BCUT2D eigenvalue weighted by Gasteiger charge is -2.21. The molecular weight excluding hydrogens is 412 g/mol. The third kappa shape index (κ3) is 5.77. The Morgan fingerprint density at radius 3 is 2.44 bits per heavy atom. The second-order valence-corrected chi connectivity index (χ2v) is 9.62. The van der Waals surface area contributed by atoms with Crippen molar-refractivity contribution in [1.29, 1.82) is 0 Å². The fraction of sp³-hybridized carbons (Fsp3) is 0.294. The summed E-state index contributed by atoms with van der Waals surface area (Å²) in [7, 11) is -1.26. The third-order valence-electron chi connectivity index (χ3n) is 3.71. The van der Waals surface area contributed by atoms with Crippen molar-refractivity contribution in [3.63, 3.8) is 0 Å². The normalized spacial score (nSPS) is 12.6. The van der Waals surface area contributed by atoms with E-state index in [1.54, 1.807) is 24.3 Å². The molecule has 1 heterocycles. The highest BCUT2D eigenvalue weighted by Gasteiger charge is 2.26. The van der Waals surface area contributed by atoms with Crippen LogP contribution in [0.4, 0.5) is 0 Å². The number of nitrogens with zero attached hydrogens (tertiary/aromatic N) is 1. The molecule has 1 N–H and O–H groups in total. The molecule has 1 amide bonds. The highest BCUT2D eigenvalue weighted by molar-refractivity contribution is 7.91. The van der Waals surface area contributed by atoms with Crippen LogP contribution in [0.25, 0.3) is 0 Å². The number of sulfonamides is 1. The van der Waals surface area contributed by atoms with E-state index in [-0.39, 0.29) is 10.6 Å². The predicted octanol–water partition coefficient (Wildman–Crippen LogP) is 2.44. The number of ether oxygens (including phenoxy) is 1. The third-order valence-corrected chi connectivity index (χ3v) is 7.22. The molecule has 0 fully saturated rings. The molecule has 1 atom stereocenters. The van der Waals surface area contributed by atoms with Crippen molar-refractivity contribution in [2.24, 2.45) is 0 Å². The van der Waals surface area contributed by atoms with Crippen molar-refractivity contribution in [1.82, 2.24) is 9.62 Å². The SMILES string of the molecule is COC(=O)CC(NC(=O)CN(C)S(=O)(=O)c1ccc(Cl)s1)c1ccccc1. The van der Waals surface area contributed by atoms with Crippen LogP contribution in [0.3, 0.4) is 0 Å². The molecule has 146 valence electrons. The van der Waals surface area contributed by atoms with E-state index in [4.69, 9.17) is 11.6 Å². The number of nitrogens with one attached hydrogen (secondary N) is 1. The summed E-state index contributed by atoms with van der Waals surface area (Å²) >= 11 is 6.70. The van der Waals surface area contributed by atoms with Crippen LogP contribution in [-0.2, 0) is 24.3 Å². The smallest absolute Gasteiger partial charge is 0.307 e. The van der Waals surface area contributed by atoms with Gasteiger partial charge in [0.05, 0.1) is 30.5 Å². The van der Waals surface area contributed by atoms with Gasteiger partial charge in [0, 0.05) is 7.05 Å². The molecule has 27 heavy (non-hydrogen) atoms.